The molecule has 0 radical (unpaired) electrons. The highest BCUT2D eigenvalue weighted by Crippen LogP contribution is 2.28. The molecule has 2 rings (SSSR count). The van der Waals surface area contributed by atoms with Gasteiger partial charge in [-0.2, -0.15) is 0 Å². The van der Waals surface area contributed by atoms with E-state index in [-0.39, 0.29) is 23.9 Å². The van der Waals surface area contributed by atoms with E-state index in [9.17, 15) is 4.79 Å². The summed E-state index contributed by atoms with van der Waals surface area (Å²) in [4.78, 5) is 14.2. The highest BCUT2D eigenvalue weighted by Gasteiger charge is 2.31. The Hall–Kier alpha value is -1.35. The van der Waals surface area contributed by atoms with Crippen LogP contribution in [0.15, 0.2) is 30.3 Å². The van der Waals surface area contributed by atoms with Crippen molar-refractivity contribution in [2.24, 2.45) is 11.7 Å². The lowest BCUT2D eigenvalue weighted by molar-refractivity contribution is -0.136. The monoisotopic (exact) mass is 246 g/mol. The fourth-order valence-corrected chi connectivity index (χ4v) is 2.67. The van der Waals surface area contributed by atoms with E-state index in [0.717, 1.165) is 19.3 Å². The molecule has 3 heteroatoms. The molecule has 1 aliphatic carbocycles. The normalized spacial score (nSPS) is 24.8. The molecule has 0 heterocycles. The summed E-state index contributed by atoms with van der Waals surface area (Å²) in [5.74, 6) is 0.357. The van der Waals surface area contributed by atoms with E-state index in [2.05, 4.69) is 19.1 Å². The number of benzene rings is 1. The average Bonchev–Trinajstić information content (AvgIpc) is 2.84. The van der Waals surface area contributed by atoms with Crippen LogP contribution in [0, 0.1) is 5.92 Å². The summed E-state index contributed by atoms with van der Waals surface area (Å²) >= 11 is 0. The molecule has 0 aliphatic heterocycles. The summed E-state index contributed by atoms with van der Waals surface area (Å²) in [5, 5.41) is 0. The van der Waals surface area contributed by atoms with Crippen molar-refractivity contribution in [3.05, 3.63) is 35.9 Å². The maximum absolute atomic E-state index is 12.4. The van der Waals surface area contributed by atoms with Crippen molar-refractivity contribution in [3.63, 3.8) is 0 Å². The molecular weight excluding hydrogens is 224 g/mol. The second-order valence-electron chi connectivity index (χ2n) is 5.31. The first-order valence-electron chi connectivity index (χ1n) is 6.66. The zero-order chi connectivity index (χ0) is 13.1. The summed E-state index contributed by atoms with van der Waals surface area (Å²) in [5.41, 5.74) is 7.06. The highest BCUT2D eigenvalue weighted by molar-refractivity contribution is 5.79. The van der Waals surface area contributed by atoms with Crippen LogP contribution < -0.4 is 5.73 Å². The molecule has 0 bridgehead atoms. The number of carbonyl (C=O) groups is 1. The smallest absolute Gasteiger partial charge is 0.225 e. The van der Waals surface area contributed by atoms with Crippen molar-refractivity contribution >= 4 is 5.91 Å². The lowest BCUT2D eigenvalue weighted by Gasteiger charge is -2.28. The van der Waals surface area contributed by atoms with Gasteiger partial charge in [0.25, 0.3) is 0 Å². The van der Waals surface area contributed by atoms with Gasteiger partial charge in [-0.1, -0.05) is 30.3 Å². The summed E-state index contributed by atoms with van der Waals surface area (Å²) in [6.45, 7) is 2.07. The molecule has 2 N–H and O–H groups in total. The van der Waals surface area contributed by atoms with Gasteiger partial charge in [-0.3, -0.25) is 4.79 Å². The second-order valence-corrected chi connectivity index (χ2v) is 5.31. The molecule has 0 aromatic heterocycles. The minimum atomic E-state index is 0.121. The van der Waals surface area contributed by atoms with Crippen LogP contribution in [0.1, 0.15) is 37.8 Å². The number of hydrogen-bond donors (Lipinski definition) is 1. The predicted octanol–water partition coefficient (Wildman–Crippen LogP) is 2.33. The van der Waals surface area contributed by atoms with Crippen molar-refractivity contribution in [2.45, 2.75) is 38.3 Å². The highest BCUT2D eigenvalue weighted by atomic mass is 16.2. The summed E-state index contributed by atoms with van der Waals surface area (Å²) in [7, 11) is 1.89. The standard InChI is InChI=1S/C15H22N2O/c1-11(12-6-4-3-5-7-12)17(2)15(18)13-8-9-14(16)10-13/h3-7,11,13-14H,8-10,16H2,1-2H3. The summed E-state index contributed by atoms with van der Waals surface area (Å²) < 4.78 is 0. The molecule has 1 saturated carbocycles. The molecule has 3 nitrogen and oxygen atoms in total. The van der Waals surface area contributed by atoms with Crippen LogP contribution in [0.3, 0.4) is 0 Å². The topological polar surface area (TPSA) is 46.3 Å². The van der Waals surface area contributed by atoms with Crippen molar-refractivity contribution in [1.29, 1.82) is 0 Å². The van der Waals surface area contributed by atoms with Crippen molar-refractivity contribution < 1.29 is 4.79 Å². The van der Waals surface area contributed by atoms with Gasteiger partial charge in [-0.15, -0.1) is 0 Å². The quantitative estimate of drug-likeness (QED) is 0.889. The molecule has 1 amide bonds. The van der Waals surface area contributed by atoms with Gasteiger partial charge in [0.05, 0.1) is 6.04 Å². The van der Waals surface area contributed by atoms with E-state index >= 15 is 0 Å². The third-order valence-electron chi connectivity index (χ3n) is 4.03. The van der Waals surface area contributed by atoms with Crippen LogP contribution >= 0.6 is 0 Å². The first-order chi connectivity index (χ1) is 8.59. The Morgan fingerprint density at radius 1 is 1.33 bits per heavy atom. The van der Waals surface area contributed by atoms with E-state index in [1.807, 2.05) is 30.1 Å². The number of amides is 1. The molecule has 3 unspecified atom stereocenters. The Balaban J connectivity index is 2.02. The second kappa shape index (κ2) is 5.53. The maximum atomic E-state index is 12.4. The number of hydrogen-bond acceptors (Lipinski definition) is 2. The van der Waals surface area contributed by atoms with Crippen molar-refractivity contribution in [3.8, 4) is 0 Å². The Kier molecular flexibility index (Phi) is 4.02. The summed E-state index contributed by atoms with van der Waals surface area (Å²) in [6, 6.07) is 10.5. The minimum Gasteiger partial charge on any atom is -0.339 e. The van der Waals surface area contributed by atoms with Gasteiger partial charge in [0.1, 0.15) is 0 Å². The predicted molar refractivity (Wildman–Crippen MR) is 72.9 cm³/mol. The van der Waals surface area contributed by atoms with Gasteiger partial charge >= 0.3 is 0 Å². The SMILES string of the molecule is CC(c1ccccc1)N(C)C(=O)C1CCC(N)C1. The number of rotatable bonds is 3. The first kappa shape index (κ1) is 13.1. The van der Waals surface area contributed by atoms with E-state index in [1.54, 1.807) is 0 Å². The minimum absolute atomic E-state index is 0.121. The van der Waals surface area contributed by atoms with Gasteiger partial charge in [-0.05, 0) is 31.7 Å². The van der Waals surface area contributed by atoms with Crippen molar-refractivity contribution in [2.75, 3.05) is 7.05 Å². The fraction of sp³-hybridized carbons (Fsp3) is 0.533. The molecule has 0 saturated heterocycles. The molecular formula is C15H22N2O. The molecule has 1 aliphatic rings. The van der Waals surface area contributed by atoms with Gasteiger partial charge in [0.2, 0.25) is 5.91 Å². The molecule has 18 heavy (non-hydrogen) atoms. The maximum Gasteiger partial charge on any atom is 0.225 e. The van der Waals surface area contributed by atoms with Gasteiger partial charge in [0.15, 0.2) is 0 Å². The molecule has 98 valence electrons. The average molecular weight is 246 g/mol. The van der Waals surface area contributed by atoms with Crippen LogP contribution in [0.2, 0.25) is 0 Å². The van der Waals surface area contributed by atoms with E-state index in [4.69, 9.17) is 5.73 Å². The number of nitrogens with zero attached hydrogens (tertiary/aromatic N) is 1. The first-order valence-corrected chi connectivity index (χ1v) is 6.66. The van der Waals surface area contributed by atoms with Crippen LogP contribution in [-0.2, 0) is 4.79 Å². The Morgan fingerprint density at radius 2 is 2.00 bits per heavy atom. The van der Waals surface area contributed by atoms with Crippen molar-refractivity contribution in [1.82, 2.24) is 4.90 Å². The molecule has 1 aromatic rings. The summed E-state index contributed by atoms with van der Waals surface area (Å²) in [6.07, 6.45) is 2.75. The van der Waals surface area contributed by atoms with Gasteiger partial charge < -0.3 is 10.6 Å². The lowest BCUT2D eigenvalue weighted by atomic mass is 10.0. The third-order valence-corrected chi connectivity index (χ3v) is 4.03. The number of carbonyl (C=O) groups excluding carboxylic acids is 1. The Labute approximate surface area is 109 Å². The van der Waals surface area contributed by atoms with Crippen LogP contribution in [0.4, 0.5) is 0 Å². The molecule has 0 spiro atoms. The Morgan fingerprint density at radius 3 is 2.56 bits per heavy atom. The zero-order valence-corrected chi connectivity index (χ0v) is 11.2. The third kappa shape index (κ3) is 2.72. The van der Waals surface area contributed by atoms with E-state index < -0.39 is 0 Å². The van der Waals surface area contributed by atoms with E-state index in [0.29, 0.717) is 0 Å². The Bertz CT molecular complexity index is 404. The van der Waals surface area contributed by atoms with Crippen LogP contribution in [0.25, 0.3) is 0 Å². The molecule has 3 atom stereocenters. The molecule has 1 fully saturated rings. The zero-order valence-electron chi connectivity index (χ0n) is 11.2. The van der Waals surface area contributed by atoms with Gasteiger partial charge in [0, 0.05) is 19.0 Å². The molecule has 1 aromatic carbocycles. The van der Waals surface area contributed by atoms with Crippen LogP contribution in [0.5, 0.6) is 0 Å². The number of nitrogens with two attached hydrogens (primary N) is 1. The fourth-order valence-electron chi connectivity index (χ4n) is 2.67. The van der Waals surface area contributed by atoms with E-state index in [1.165, 1.54) is 5.56 Å². The van der Waals surface area contributed by atoms with Gasteiger partial charge in [-0.25, -0.2) is 0 Å². The lowest BCUT2D eigenvalue weighted by Crippen LogP contribution is -2.34. The van der Waals surface area contributed by atoms with Crippen LogP contribution in [-0.4, -0.2) is 23.9 Å². The largest absolute Gasteiger partial charge is 0.339 e.